The summed E-state index contributed by atoms with van der Waals surface area (Å²) in [5, 5.41) is 5.17. The van der Waals surface area contributed by atoms with Gasteiger partial charge >= 0.3 is 12.4 Å². The van der Waals surface area contributed by atoms with Crippen LogP contribution >= 0.6 is 0 Å². The van der Waals surface area contributed by atoms with Gasteiger partial charge in [0.1, 0.15) is 11.9 Å². The number of carbonyl (C=O) groups is 2. The molecule has 1 atom stereocenters. The summed E-state index contributed by atoms with van der Waals surface area (Å²) in [5.41, 5.74) is -1.19. The minimum Gasteiger partial charge on any atom is -0.354 e. The minimum atomic E-state index is -4.76. The lowest BCUT2D eigenvalue weighted by molar-refractivity contribution is -0.138. The van der Waals surface area contributed by atoms with E-state index in [1.807, 2.05) is 0 Å². The molecule has 0 spiro atoms. The molecule has 0 aliphatic carbocycles. The number of aromatic nitrogens is 1. The van der Waals surface area contributed by atoms with Crippen molar-refractivity contribution in [3.05, 3.63) is 71.0 Å². The highest BCUT2D eigenvalue weighted by Gasteiger charge is 2.32. The first-order valence-electron chi connectivity index (χ1n) is 11.2. The molecule has 1 aliphatic rings. The molecule has 1 aromatic heterocycles. The predicted octanol–water partition coefficient (Wildman–Crippen LogP) is 5.46. The maximum absolute atomic E-state index is 14.8. The number of carbonyl (C=O) groups excluding carboxylic acids is 2. The first-order chi connectivity index (χ1) is 17.3. The summed E-state index contributed by atoms with van der Waals surface area (Å²) in [4.78, 5) is 26.9. The first-order valence-corrected chi connectivity index (χ1v) is 11.2. The smallest absolute Gasteiger partial charge is 0.354 e. The van der Waals surface area contributed by atoms with Crippen LogP contribution in [0.1, 0.15) is 29.5 Å². The van der Waals surface area contributed by atoms with Crippen molar-refractivity contribution in [1.29, 1.82) is 0 Å². The second kappa shape index (κ2) is 9.91. The Balaban J connectivity index is 1.65. The van der Waals surface area contributed by atoms with Gasteiger partial charge in [-0.05, 0) is 60.4 Å². The van der Waals surface area contributed by atoms with Gasteiger partial charge in [0.2, 0.25) is 11.8 Å². The summed E-state index contributed by atoms with van der Waals surface area (Å²) in [7, 11) is 0. The van der Waals surface area contributed by atoms with E-state index in [-0.39, 0.29) is 35.7 Å². The van der Waals surface area contributed by atoms with Crippen molar-refractivity contribution in [2.45, 2.75) is 37.7 Å². The van der Waals surface area contributed by atoms with Gasteiger partial charge in [-0.1, -0.05) is 12.1 Å². The van der Waals surface area contributed by atoms with Crippen LogP contribution in [-0.4, -0.2) is 29.4 Å². The zero-order valence-electron chi connectivity index (χ0n) is 19.0. The van der Waals surface area contributed by atoms with E-state index >= 15 is 0 Å². The number of H-pyrrole nitrogens is 1. The van der Waals surface area contributed by atoms with E-state index in [4.69, 9.17) is 0 Å². The molecule has 12 heteroatoms. The third kappa shape index (κ3) is 5.95. The molecule has 2 amide bonds. The molecule has 0 saturated carbocycles. The van der Waals surface area contributed by atoms with Crippen LogP contribution in [-0.2, 0) is 28.4 Å². The normalized spacial score (nSPS) is 16.1. The Bertz CT molecular complexity index is 1310. The lowest BCUT2D eigenvalue weighted by Crippen LogP contribution is -2.40. The zero-order valence-corrected chi connectivity index (χ0v) is 19.0. The monoisotopic (exact) mass is 527 g/mol. The minimum absolute atomic E-state index is 0.0209. The third-order valence-corrected chi connectivity index (χ3v) is 5.99. The Labute approximate surface area is 206 Å². The van der Waals surface area contributed by atoms with Gasteiger partial charge in [-0.3, -0.25) is 9.59 Å². The van der Waals surface area contributed by atoms with E-state index in [2.05, 4.69) is 15.6 Å². The molecule has 1 fully saturated rings. The fraction of sp³-hybridized carbons (Fsp3) is 0.280. The maximum atomic E-state index is 14.8. The molecule has 5 nitrogen and oxygen atoms in total. The van der Waals surface area contributed by atoms with E-state index in [1.165, 1.54) is 18.2 Å². The lowest BCUT2D eigenvalue weighted by Gasteiger charge is -2.11. The van der Waals surface area contributed by atoms with E-state index in [0.717, 1.165) is 18.2 Å². The number of alkyl halides is 6. The maximum Gasteiger partial charge on any atom is 0.416 e. The zero-order chi connectivity index (χ0) is 27.0. The van der Waals surface area contributed by atoms with Crippen molar-refractivity contribution in [1.82, 2.24) is 15.6 Å². The van der Waals surface area contributed by atoms with Gasteiger partial charge in [-0.25, -0.2) is 4.39 Å². The van der Waals surface area contributed by atoms with Crippen LogP contribution in [0.3, 0.4) is 0 Å². The highest BCUT2D eigenvalue weighted by Crippen LogP contribution is 2.36. The highest BCUT2D eigenvalue weighted by atomic mass is 19.4. The Kier molecular flexibility index (Phi) is 7.03. The van der Waals surface area contributed by atoms with Crippen LogP contribution < -0.4 is 10.6 Å². The SMILES string of the molecule is O=C(CCc1cc(-c2ccc(C(F)(F)F)cc2)[nH]c1-c1ccc(C(F)(F)F)cc1F)NC1CCNC1=O. The molecule has 0 bridgehead atoms. The van der Waals surface area contributed by atoms with Gasteiger partial charge in [0, 0.05) is 24.2 Å². The Morgan fingerprint density at radius 3 is 2.16 bits per heavy atom. The van der Waals surface area contributed by atoms with Crippen molar-refractivity contribution in [3.63, 3.8) is 0 Å². The average Bonchev–Trinajstić information content (AvgIpc) is 3.42. The average molecular weight is 527 g/mol. The standard InChI is InChI=1S/C25H20F7N3O2/c26-18-12-16(25(30,31)32)6-7-17(18)22-14(3-8-21(36)34-19-9-10-33-23(19)37)11-20(35-22)13-1-4-15(5-2-13)24(27,28)29/h1-2,4-7,11-12,19,35H,3,8-10H2,(H,33,37)(H,34,36). The molecule has 2 aromatic carbocycles. The topological polar surface area (TPSA) is 74.0 Å². The number of hydrogen-bond donors (Lipinski definition) is 3. The van der Waals surface area contributed by atoms with Crippen molar-refractivity contribution in [3.8, 4) is 22.5 Å². The Morgan fingerprint density at radius 1 is 0.946 bits per heavy atom. The van der Waals surface area contributed by atoms with E-state index in [9.17, 15) is 40.3 Å². The van der Waals surface area contributed by atoms with Crippen LogP contribution in [0.2, 0.25) is 0 Å². The van der Waals surface area contributed by atoms with Crippen LogP contribution in [0.25, 0.3) is 22.5 Å². The fourth-order valence-electron chi connectivity index (χ4n) is 4.07. The molecule has 196 valence electrons. The second-order valence-electron chi connectivity index (χ2n) is 8.55. The molecule has 2 heterocycles. The Morgan fingerprint density at radius 2 is 1.59 bits per heavy atom. The van der Waals surface area contributed by atoms with Crippen molar-refractivity contribution in [2.75, 3.05) is 6.54 Å². The summed E-state index contributed by atoms with van der Waals surface area (Å²) < 4.78 is 92.6. The van der Waals surface area contributed by atoms with Gasteiger partial charge < -0.3 is 15.6 Å². The number of benzene rings is 2. The first kappa shape index (κ1) is 26.2. The van der Waals surface area contributed by atoms with Crippen molar-refractivity contribution in [2.24, 2.45) is 0 Å². The Hall–Kier alpha value is -3.83. The van der Waals surface area contributed by atoms with Crippen molar-refractivity contribution < 1.29 is 40.3 Å². The highest BCUT2D eigenvalue weighted by molar-refractivity contribution is 5.89. The van der Waals surface area contributed by atoms with Crippen LogP contribution in [0, 0.1) is 5.82 Å². The molecule has 1 aliphatic heterocycles. The molecular weight excluding hydrogens is 507 g/mol. The number of halogens is 7. The van der Waals surface area contributed by atoms with Gasteiger partial charge in [0.15, 0.2) is 0 Å². The molecule has 3 aromatic rings. The summed E-state index contributed by atoms with van der Waals surface area (Å²) in [6, 6.07) is 7.00. The fourth-order valence-corrected chi connectivity index (χ4v) is 4.07. The van der Waals surface area contributed by atoms with Crippen LogP contribution in [0.4, 0.5) is 30.7 Å². The molecule has 1 unspecified atom stereocenters. The quantitative estimate of drug-likeness (QED) is 0.373. The number of rotatable bonds is 6. The van der Waals surface area contributed by atoms with Crippen LogP contribution in [0.5, 0.6) is 0 Å². The van der Waals surface area contributed by atoms with Gasteiger partial charge in [0.05, 0.1) is 16.8 Å². The number of nitrogens with one attached hydrogen (secondary N) is 3. The number of amides is 2. The van der Waals surface area contributed by atoms with E-state index in [1.54, 1.807) is 0 Å². The second-order valence-corrected chi connectivity index (χ2v) is 8.55. The summed E-state index contributed by atoms with van der Waals surface area (Å²) >= 11 is 0. The van der Waals surface area contributed by atoms with Crippen molar-refractivity contribution >= 4 is 11.8 Å². The van der Waals surface area contributed by atoms with E-state index < -0.39 is 41.2 Å². The largest absolute Gasteiger partial charge is 0.416 e. The van der Waals surface area contributed by atoms with Gasteiger partial charge in [0.25, 0.3) is 0 Å². The van der Waals surface area contributed by atoms with E-state index in [0.29, 0.717) is 36.2 Å². The van der Waals surface area contributed by atoms with Gasteiger partial charge in [-0.2, -0.15) is 26.3 Å². The molecule has 37 heavy (non-hydrogen) atoms. The third-order valence-electron chi connectivity index (χ3n) is 5.99. The predicted molar refractivity (Wildman–Crippen MR) is 120 cm³/mol. The van der Waals surface area contributed by atoms with Gasteiger partial charge in [-0.15, -0.1) is 0 Å². The molecule has 4 rings (SSSR count). The number of aromatic amines is 1. The lowest BCUT2D eigenvalue weighted by atomic mass is 10.0. The molecule has 0 radical (unpaired) electrons. The number of aryl methyl sites for hydroxylation is 1. The summed E-state index contributed by atoms with van der Waals surface area (Å²) in [6.07, 6.45) is -8.98. The molecular formula is C25H20F7N3O2. The van der Waals surface area contributed by atoms with Crippen LogP contribution in [0.15, 0.2) is 48.5 Å². The molecule has 1 saturated heterocycles. The molecule has 3 N–H and O–H groups in total. The summed E-state index contributed by atoms with van der Waals surface area (Å²) in [5.74, 6) is -1.94. The number of hydrogen-bond acceptors (Lipinski definition) is 2. The summed E-state index contributed by atoms with van der Waals surface area (Å²) in [6.45, 7) is 0.426.